The largest absolute Gasteiger partial charge is 0.464 e. The summed E-state index contributed by atoms with van der Waals surface area (Å²) in [5.41, 5.74) is 2.39. The third-order valence-electron chi connectivity index (χ3n) is 4.92. The van der Waals surface area contributed by atoms with Gasteiger partial charge in [-0.1, -0.05) is 23.7 Å². The van der Waals surface area contributed by atoms with E-state index in [0.717, 1.165) is 11.3 Å². The average Bonchev–Trinajstić information content (AvgIpc) is 3.37. The van der Waals surface area contributed by atoms with Crippen molar-refractivity contribution in [3.63, 3.8) is 0 Å². The number of non-ortho nitro benzene ring substituents is 1. The lowest BCUT2D eigenvalue weighted by atomic mass is 9.97. The van der Waals surface area contributed by atoms with Crippen LogP contribution < -0.4 is 4.74 Å². The Morgan fingerprint density at radius 1 is 1.18 bits per heavy atom. The zero-order valence-electron chi connectivity index (χ0n) is 14.5. The summed E-state index contributed by atoms with van der Waals surface area (Å²) < 4.78 is 11.7. The summed E-state index contributed by atoms with van der Waals surface area (Å²) in [4.78, 5) is 10.8. The molecule has 0 aliphatic carbocycles. The lowest BCUT2D eigenvalue weighted by molar-refractivity contribution is -0.385. The van der Waals surface area contributed by atoms with E-state index in [1.165, 1.54) is 12.1 Å². The number of nitrogens with zero attached hydrogens (tertiary/aromatic N) is 3. The van der Waals surface area contributed by atoms with Gasteiger partial charge in [-0.2, -0.15) is 5.10 Å². The van der Waals surface area contributed by atoms with Gasteiger partial charge in [-0.25, -0.2) is 5.01 Å². The number of nitro benzene ring substituents is 1. The van der Waals surface area contributed by atoms with Crippen molar-refractivity contribution >= 4 is 23.0 Å². The van der Waals surface area contributed by atoms with E-state index in [0.29, 0.717) is 28.5 Å². The maximum Gasteiger partial charge on any atom is 0.269 e. The number of nitro groups is 1. The first-order valence-electron chi connectivity index (χ1n) is 8.70. The molecule has 7 nitrogen and oxygen atoms in total. The number of fused-ring (bicyclic) bond motifs is 3. The minimum atomic E-state index is -0.592. The fourth-order valence-electron chi connectivity index (χ4n) is 3.66. The third kappa shape index (κ3) is 2.71. The molecule has 0 N–H and O–H groups in total. The van der Waals surface area contributed by atoms with Crippen LogP contribution in [0.25, 0.3) is 0 Å². The molecular formula is C20H14ClN3O4. The standard InChI is InChI=1S/C20H14ClN3O4/c21-13-6-7-18-15(10-13)17-11-16(19-5-2-8-27-19)22-23(17)20(28-18)12-3-1-4-14(9-12)24(25)26/h1-10,17,20H,11H2/t17-,20-/m0/s1. The van der Waals surface area contributed by atoms with Crippen LogP contribution in [0, 0.1) is 10.1 Å². The number of halogens is 1. The molecule has 28 heavy (non-hydrogen) atoms. The van der Waals surface area contributed by atoms with E-state index in [1.54, 1.807) is 24.5 Å². The van der Waals surface area contributed by atoms with Gasteiger partial charge in [-0.05, 0) is 30.3 Å². The van der Waals surface area contributed by atoms with E-state index in [1.807, 2.05) is 29.3 Å². The highest BCUT2D eigenvalue weighted by Gasteiger charge is 2.41. The zero-order valence-corrected chi connectivity index (χ0v) is 15.2. The zero-order chi connectivity index (χ0) is 19.3. The highest BCUT2D eigenvalue weighted by Crippen LogP contribution is 2.48. The molecule has 2 aliphatic heterocycles. The van der Waals surface area contributed by atoms with E-state index in [-0.39, 0.29) is 11.7 Å². The van der Waals surface area contributed by atoms with Crippen LogP contribution in [-0.2, 0) is 0 Å². The predicted molar refractivity (Wildman–Crippen MR) is 102 cm³/mol. The van der Waals surface area contributed by atoms with Crippen molar-refractivity contribution in [2.45, 2.75) is 18.7 Å². The molecular weight excluding hydrogens is 382 g/mol. The Hall–Kier alpha value is -3.32. The summed E-state index contributed by atoms with van der Waals surface area (Å²) in [6, 6.07) is 15.5. The SMILES string of the molecule is O=[N+]([O-])c1cccc([C@@H]2Oc3ccc(Cl)cc3[C@@H]3CC(c4ccco4)=NN32)c1. The molecule has 0 radical (unpaired) electrons. The number of rotatable bonds is 3. The highest BCUT2D eigenvalue weighted by molar-refractivity contribution is 6.30. The monoisotopic (exact) mass is 395 g/mol. The van der Waals surface area contributed by atoms with Crippen LogP contribution in [0.1, 0.15) is 35.6 Å². The van der Waals surface area contributed by atoms with Gasteiger partial charge in [0.15, 0.2) is 0 Å². The Balaban J connectivity index is 1.62. The summed E-state index contributed by atoms with van der Waals surface area (Å²) in [6.07, 6.45) is 1.63. The lowest BCUT2D eigenvalue weighted by Crippen LogP contribution is -2.33. The molecule has 8 heteroatoms. The molecule has 2 aromatic carbocycles. The van der Waals surface area contributed by atoms with Crippen molar-refractivity contribution in [1.82, 2.24) is 5.01 Å². The second kappa shape index (κ2) is 6.38. The van der Waals surface area contributed by atoms with Crippen LogP contribution in [0.2, 0.25) is 5.02 Å². The lowest BCUT2D eigenvalue weighted by Gasteiger charge is -2.38. The van der Waals surface area contributed by atoms with E-state index >= 15 is 0 Å². The minimum absolute atomic E-state index is 0.00832. The van der Waals surface area contributed by atoms with Gasteiger partial charge in [0.1, 0.15) is 17.2 Å². The summed E-state index contributed by atoms with van der Waals surface area (Å²) >= 11 is 6.21. The van der Waals surface area contributed by atoms with Gasteiger partial charge in [0.05, 0.1) is 17.2 Å². The van der Waals surface area contributed by atoms with E-state index in [4.69, 9.17) is 25.9 Å². The summed E-state index contributed by atoms with van der Waals surface area (Å²) in [6.45, 7) is 0. The quantitative estimate of drug-likeness (QED) is 0.456. The summed E-state index contributed by atoms with van der Waals surface area (Å²) in [7, 11) is 0. The summed E-state index contributed by atoms with van der Waals surface area (Å²) in [5, 5.41) is 18.4. The van der Waals surface area contributed by atoms with Crippen molar-refractivity contribution in [2.24, 2.45) is 5.10 Å². The molecule has 0 saturated heterocycles. The molecule has 2 aliphatic rings. The van der Waals surface area contributed by atoms with Crippen LogP contribution in [-0.4, -0.2) is 15.6 Å². The smallest absolute Gasteiger partial charge is 0.269 e. The number of furan rings is 1. The van der Waals surface area contributed by atoms with Crippen molar-refractivity contribution in [3.05, 3.63) is 92.9 Å². The summed E-state index contributed by atoms with van der Waals surface area (Å²) in [5.74, 6) is 1.38. The first-order valence-corrected chi connectivity index (χ1v) is 9.08. The second-order valence-electron chi connectivity index (χ2n) is 6.63. The second-order valence-corrected chi connectivity index (χ2v) is 7.06. The molecule has 0 amide bonds. The van der Waals surface area contributed by atoms with Crippen molar-refractivity contribution in [3.8, 4) is 5.75 Å². The van der Waals surface area contributed by atoms with Gasteiger partial charge in [-0.3, -0.25) is 10.1 Å². The molecule has 2 atom stereocenters. The van der Waals surface area contributed by atoms with Crippen molar-refractivity contribution < 1.29 is 14.1 Å². The van der Waals surface area contributed by atoms with Gasteiger partial charge in [-0.15, -0.1) is 0 Å². The molecule has 0 unspecified atom stereocenters. The third-order valence-corrected chi connectivity index (χ3v) is 5.16. The minimum Gasteiger partial charge on any atom is -0.464 e. The number of hydrogen-bond acceptors (Lipinski definition) is 6. The molecule has 0 saturated carbocycles. The Kier molecular flexibility index (Phi) is 3.84. The van der Waals surface area contributed by atoms with Crippen molar-refractivity contribution in [2.75, 3.05) is 0 Å². The molecule has 140 valence electrons. The topological polar surface area (TPSA) is 81.1 Å². The normalized spacial score (nSPS) is 20.2. The van der Waals surface area contributed by atoms with Gasteiger partial charge >= 0.3 is 0 Å². The number of ether oxygens (including phenoxy) is 1. The molecule has 0 bridgehead atoms. The number of hydrazone groups is 1. The van der Waals surface area contributed by atoms with Gasteiger partial charge in [0.2, 0.25) is 6.23 Å². The highest BCUT2D eigenvalue weighted by atomic mass is 35.5. The van der Waals surface area contributed by atoms with Crippen LogP contribution in [0.3, 0.4) is 0 Å². The van der Waals surface area contributed by atoms with Crippen molar-refractivity contribution in [1.29, 1.82) is 0 Å². The Morgan fingerprint density at radius 3 is 2.86 bits per heavy atom. The molecule has 3 heterocycles. The van der Waals surface area contributed by atoms with E-state index in [9.17, 15) is 10.1 Å². The Morgan fingerprint density at radius 2 is 2.07 bits per heavy atom. The van der Waals surface area contributed by atoms with Gasteiger partial charge in [0.25, 0.3) is 5.69 Å². The molecule has 0 fully saturated rings. The van der Waals surface area contributed by atoms with Gasteiger partial charge < -0.3 is 9.15 Å². The number of hydrogen-bond donors (Lipinski definition) is 0. The average molecular weight is 396 g/mol. The van der Waals surface area contributed by atoms with Crippen LogP contribution in [0.5, 0.6) is 5.75 Å². The molecule has 0 spiro atoms. The first kappa shape index (κ1) is 16.8. The van der Waals surface area contributed by atoms with Crippen LogP contribution in [0.4, 0.5) is 5.69 Å². The fourth-order valence-corrected chi connectivity index (χ4v) is 3.84. The number of benzene rings is 2. The van der Waals surface area contributed by atoms with Crippen LogP contribution >= 0.6 is 11.6 Å². The Bertz CT molecular complexity index is 1100. The first-order chi connectivity index (χ1) is 13.6. The van der Waals surface area contributed by atoms with E-state index in [2.05, 4.69) is 0 Å². The van der Waals surface area contributed by atoms with E-state index < -0.39 is 11.2 Å². The maximum absolute atomic E-state index is 11.2. The Labute approximate surface area is 164 Å². The molecule has 1 aromatic heterocycles. The van der Waals surface area contributed by atoms with Gasteiger partial charge in [0, 0.05) is 34.7 Å². The molecule has 5 rings (SSSR count). The van der Waals surface area contributed by atoms with Crippen LogP contribution in [0.15, 0.2) is 70.4 Å². The fraction of sp³-hybridized carbons (Fsp3) is 0.150. The molecule has 3 aromatic rings. The predicted octanol–water partition coefficient (Wildman–Crippen LogP) is 5.08. The maximum atomic E-state index is 11.2.